The minimum absolute atomic E-state index is 0.00137. The number of hydrogen-bond acceptors (Lipinski definition) is 7. The van der Waals surface area contributed by atoms with Crippen LogP contribution in [-0.4, -0.2) is 71.9 Å². The van der Waals surface area contributed by atoms with E-state index in [-0.39, 0.29) is 30.8 Å². The molecular weight excluding hydrogens is 655 g/mol. The Hall–Kier alpha value is -0.790. The van der Waals surface area contributed by atoms with E-state index >= 15 is 0 Å². The van der Waals surface area contributed by atoms with Crippen molar-refractivity contribution in [1.82, 2.24) is 4.90 Å². The normalized spacial score (nSPS) is 12.2. The molecule has 6 nitrogen and oxygen atoms in total. The number of unbranched alkanes of at least 4 members (excludes halogenated alkanes) is 21. The van der Waals surface area contributed by atoms with E-state index in [4.69, 9.17) is 9.47 Å². The highest BCUT2D eigenvalue weighted by Gasteiger charge is 2.15. The lowest BCUT2D eigenvalue weighted by Crippen LogP contribution is -2.29. The number of esters is 2. The first-order chi connectivity index (χ1) is 25.0. The van der Waals surface area contributed by atoms with Crippen LogP contribution in [0.2, 0.25) is 0 Å². The summed E-state index contributed by atoms with van der Waals surface area (Å²) in [5, 5.41) is 9.55. The third-order valence-corrected chi connectivity index (χ3v) is 11.3. The molecule has 0 aliphatic heterocycles. The van der Waals surface area contributed by atoms with E-state index in [1.807, 2.05) is 18.7 Å². The molecule has 0 heterocycles. The van der Waals surface area contributed by atoms with Crippen molar-refractivity contribution in [2.45, 2.75) is 233 Å². The van der Waals surface area contributed by atoms with Gasteiger partial charge in [0.1, 0.15) is 12.2 Å². The van der Waals surface area contributed by atoms with Gasteiger partial charge in [-0.25, -0.2) is 0 Å². The van der Waals surface area contributed by atoms with E-state index in [1.54, 1.807) is 0 Å². The van der Waals surface area contributed by atoms with Gasteiger partial charge in [-0.2, -0.15) is 11.8 Å². The van der Waals surface area contributed by atoms with Crippen LogP contribution in [0.25, 0.3) is 0 Å². The number of thioether (sulfide) groups is 1. The highest BCUT2D eigenvalue weighted by atomic mass is 32.2. The lowest BCUT2D eigenvalue weighted by atomic mass is 10.0. The molecule has 51 heavy (non-hydrogen) atoms. The minimum atomic E-state index is -0.0546. The Morgan fingerprint density at radius 3 is 1.43 bits per heavy atom. The zero-order valence-electron chi connectivity index (χ0n) is 34.5. The smallest absolute Gasteiger partial charge is 0.306 e. The van der Waals surface area contributed by atoms with Crippen molar-refractivity contribution < 1.29 is 24.2 Å². The second-order valence-corrected chi connectivity index (χ2v) is 16.4. The number of hydrogen-bond donors (Lipinski definition) is 1. The van der Waals surface area contributed by atoms with Gasteiger partial charge in [0.2, 0.25) is 0 Å². The molecule has 0 aliphatic rings. The van der Waals surface area contributed by atoms with Crippen molar-refractivity contribution >= 4 is 23.7 Å². The predicted molar refractivity (Wildman–Crippen MR) is 222 cm³/mol. The fourth-order valence-corrected chi connectivity index (χ4v) is 7.73. The molecule has 0 radical (unpaired) electrons. The van der Waals surface area contributed by atoms with Crippen molar-refractivity contribution in [3.05, 3.63) is 0 Å². The average Bonchev–Trinajstić information content (AvgIpc) is 3.11. The van der Waals surface area contributed by atoms with Crippen molar-refractivity contribution in [1.29, 1.82) is 0 Å². The number of aliphatic hydroxyl groups excluding tert-OH is 1. The van der Waals surface area contributed by atoms with Crippen molar-refractivity contribution in [2.24, 2.45) is 0 Å². The number of rotatable bonds is 41. The maximum absolute atomic E-state index is 12.7. The summed E-state index contributed by atoms with van der Waals surface area (Å²) in [6.07, 6.45) is 34.7. The molecule has 1 atom stereocenters. The van der Waals surface area contributed by atoms with E-state index in [9.17, 15) is 14.7 Å². The van der Waals surface area contributed by atoms with Crippen LogP contribution in [0.1, 0.15) is 220 Å². The van der Waals surface area contributed by atoms with Crippen LogP contribution in [0.15, 0.2) is 0 Å². The van der Waals surface area contributed by atoms with Gasteiger partial charge >= 0.3 is 11.9 Å². The topological polar surface area (TPSA) is 76.1 Å². The van der Waals surface area contributed by atoms with Crippen LogP contribution >= 0.6 is 11.8 Å². The van der Waals surface area contributed by atoms with Gasteiger partial charge in [-0.15, -0.1) is 0 Å². The Balaban J connectivity index is 4.01. The molecule has 0 aromatic carbocycles. The molecule has 0 aromatic heterocycles. The molecule has 7 heteroatoms. The van der Waals surface area contributed by atoms with E-state index in [1.165, 1.54) is 109 Å². The van der Waals surface area contributed by atoms with Gasteiger partial charge in [-0.3, -0.25) is 9.59 Å². The molecule has 0 amide bonds. The molecule has 0 bridgehead atoms. The molecule has 0 spiro atoms. The summed E-state index contributed by atoms with van der Waals surface area (Å²) in [5.74, 6) is 2.01. The summed E-state index contributed by atoms with van der Waals surface area (Å²) in [6, 6.07) is 0. The highest BCUT2D eigenvalue weighted by Crippen LogP contribution is 2.19. The third-order valence-electron chi connectivity index (χ3n) is 10.0. The van der Waals surface area contributed by atoms with Crippen LogP contribution in [0.4, 0.5) is 0 Å². The fourth-order valence-electron chi connectivity index (χ4n) is 6.76. The molecule has 0 fully saturated rings. The van der Waals surface area contributed by atoms with E-state index in [0.717, 1.165) is 102 Å². The average molecular weight is 742 g/mol. The molecule has 0 saturated heterocycles. The molecule has 1 N–H and O–H groups in total. The summed E-state index contributed by atoms with van der Waals surface area (Å²) in [4.78, 5) is 27.3. The quantitative estimate of drug-likeness (QED) is 0.0494. The number of ether oxygens (including phenoxy) is 2. The Morgan fingerprint density at radius 1 is 0.529 bits per heavy atom. The predicted octanol–water partition coefficient (Wildman–Crippen LogP) is 12.6. The molecule has 304 valence electrons. The van der Waals surface area contributed by atoms with E-state index < -0.39 is 0 Å². The minimum Gasteiger partial charge on any atom is -0.462 e. The van der Waals surface area contributed by atoms with Gasteiger partial charge in [0.15, 0.2) is 0 Å². The molecule has 0 rings (SSSR count). The monoisotopic (exact) mass is 742 g/mol. The first-order valence-electron chi connectivity index (χ1n) is 22.3. The third kappa shape index (κ3) is 37.3. The van der Waals surface area contributed by atoms with Gasteiger partial charge in [0.05, 0.1) is 6.61 Å². The molecule has 0 aromatic rings. The van der Waals surface area contributed by atoms with Crippen LogP contribution in [0.5, 0.6) is 0 Å². The lowest BCUT2D eigenvalue weighted by Gasteiger charge is -2.21. The summed E-state index contributed by atoms with van der Waals surface area (Å²) >= 11 is 1.91. The molecular formula is C44H87NO5S. The second-order valence-electron chi connectivity index (χ2n) is 15.3. The molecule has 1 unspecified atom stereocenters. The first-order valence-corrected chi connectivity index (χ1v) is 23.4. The van der Waals surface area contributed by atoms with Crippen molar-refractivity contribution in [3.63, 3.8) is 0 Å². The molecule has 0 aliphatic carbocycles. The summed E-state index contributed by atoms with van der Waals surface area (Å²) in [5.41, 5.74) is 0. The van der Waals surface area contributed by atoms with Gasteiger partial charge in [-0.1, -0.05) is 143 Å². The van der Waals surface area contributed by atoms with Crippen LogP contribution < -0.4 is 0 Å². The lowest BCUT2D eigenvalue weighted by molar-refractivity contribution is -0.150. The van der Waals surface area contributed by atoms with Crippen LogP contribution in [0, 0.1) is 0 Å². The standard InChI is InChI=1S/C44H87NO5S/c1-5-8-11-14-17-24-31-42(32-25-18-15-12-9-6-2)50-44(48)34-26-19-16-21-28-35-45(37-38-46)36-29-22-20-27-33-43(47)49-41(4)40-51-39-30-23-13-10-7-3/h41-42,46H,5-40H2,1-4H3. The number of aliphatic hydroxyl groups is 1. The Labute approximate surface area is 322 Å². The Bertz CT molecular complexity index is 722. The fraction of sp³-hybridized carbons (Fsp3) is 0.955. The maximum Gasteiger partial charge on any atom is 0.306 e. The number of nitrogens with zero attached hydrogens (tertiary/aromatic N) is 1. The first kappa shape index (κ1) is 50.2. The van der Waals surface area contributed by atoms with Crippen molar-refractivity contribution in [3.8, 4) is 0 Å². The van der Waals surface area contributed by atoms with E-state index in [0.29, 0.717) is 12.8 Å². The number of carbonyl (C=O) groups excluding carboxylic acids is 2. The van der Waals surface area contributed by atoms with Crippen LogP contribution in [-0.2, 0) is 19.1 Å². The highest BCUT2D eigenvalue weighted by molar-refractivity contribution is 7.99. The Morgan fingerprint density at radius 2 is 0.941 bits per heavy atom. The van der Waals surface area contributed by atoms with Crippen LogP contribution in [0.3, 0.4) is 0 Å². The SMILES string of the molecule is CCCCCCCCC(CCCCCCCC)OC(=O)CCCCCCCN(CCO)CCCCCCC(=O)OC(C)CSCCCCCCC. The summed E-state index contributed by atoms with van der Waals surface area (Å²) in [7, 11) is 0. The summed E-state index contributed by atoms with van der Waals surface area (Å²) < 4.78 is 11.6. The maximum atomic E-state index is 12.7. The van der Waals surface area contributed by atoms with Gasteiger partial charge in [0.25, 0.3) is 0 Å². The largest absolute Gasteiger partial charge is 0.462 e. The zero-order valence-corrected chi connectivity index (χ0v) is 35.4. The van der Waals surface area contributed by atoms with Gasteiger partial charge < -0.3 is 19.5 Å². The Kier molecular flexibility index (Phi) is 39.8. The number of carbonyl (C=O) groups is 2. The summed E-state index contributed by atoms with van der Waals surface area (Å²) in [6.45, 7) is 11.7. The van der Waals surface area contributed by atoms with Gasteiger partial charge in [0, 0.05) is 25.1 Å². The van der Waals surface area contributed by atoms with Gasteiger partial charge in [-0.05, 0) is 83.6 Å². The molecule has 0 saturated carbocycles. The van der Waals surface area contributed by atoms with E-state index in [2.05, 4.69) is 25.7 Å². The second kappa shape index (κ2) is 40.4. The zero-order chi connectivity index (χ0) is 37.5. The van der Waals surface area contributed by atoms with Crippen molar-refractivity contribution in [2.75, 3.05) is 37.7 Å².